The summed E-state index contributed by atoms with van der Waals surface area (Å²) in [7, 11) is 1.73. The molecule has 13 nitrogen and oxygen atoms in total. The zero-order valence-electron chi connectivity index (χ0n) is 26.5. The predicted octanol–water partition coefficient (Wildman–Crippen LogP) is 4.83. The van der Waals surface area contributed by atoms with Crippen molar-refractivity contribution in [2.75, 3.05) is 29.9 Å². The number of primary amides is 1. The Balaban J connectivity index is 1.41. The number of aromatic nitrogens is 5. The number of ether oxygens (including phenoxy) is 2. The first-order valence-electron chi connectivity index (χ1n) is 15.3. The van der Waals surface area contributed by atoms with Gasteiger partial charge in [-0.05, 0) is 72.1 Å². The van der Waals surface area contributed by atoms with E-state index in [1.54, 1.807) is 39.6 Å². The Morgan fingerprint density at radius 3 is 2.49 bits per heavy atom. The van der Waals surface area contributed by atoms with E-state index in [4.69, 9.17) is 25.3 Å². The van der Waals surface area contributed by atoms with E-state index in [2.05, 4.69) is 10.4 Å². The maximum absolute atomic E-state index is 15.0. The number of nitrogens with one attached hydrogen (secondary N) is 1. The third kappa shape index (κ3) is 5.98. The lowest BCUT2D eigenvalue weighted by Crippen LogP contribution is -2.59. The van der Waals surface area contributed by atoms with E-state index in [1.165, 1.54) is 6.07 Å². The summed E-state index contributed by atoms with van der Waals surface area (Å²) in [6, 6.07) is 4.39. The monoisotopic (exact) mass is 621 g/mol. The summed E-state index contributed by atoms with van der Waals surface area (Å²) >= 11 is 0. The molecule has 2 saturated heterocycles. The van der Waals surface area contributed by atoms with Gasteiger partial charge in [-0.1, -0.05) is 0 Å². The quantitative estimate of drug-likeness (QED) is 0.320. The highest BCUT2D eigenvalue weighted by atomic mass is 19.1. The molecule has 240 valence electrons. The van der Waals surface area contributed by atoms with Crippen molar-refractivity contribution in [1.82, 2.24) is 29.4 Å². The number of pyridine rings is 1. The maximum atomic E-state index is 15.0. The van der Waals surface area contributed by atoms with E-state index in [0.29, 0.717) is 59.9 Å². The number of rotatable bonds is 5. The van der Waals surface area contributed by atoms with Crippen LogP contribution in [0.1, 0.15) is 70.5 Å². The van der Waals surface area contributed by atoms with Crippen molar-refractivity contribution in [1.29, 1.82) is 0 Å². The zero-order valence-corrected chi connectivity index (χ0v) is 26.5. The second-order valence-corrected chi connectivity index (χ2v) is 13.0. The lowest BCUT2D eigenvalue weighted by molar-refractivity contribution is -0.0368. The number of hydrogen-bond acceptors (Lipinski definition) is 9. The highest BCUT2D eigenvalue weighted by molar-refractivity contribution is 6.10. The number of fused-ring (bicyclic) bond motifs is 2. The number of anilines is 3. The number of carbonyl (C=O) groups is 2. The Bertz CT molecular complexity index is 1760. The molecule has 3 atom stereocenters. The summed E-state index contributed by atoms with van der Waals surface area (Å²) in [6.07, 6.45) is 3.55. The van der Waals surface area contributed by atoms with E-state index < -0.39 is 23.6 Å². The molecule has 5 heterocycles. The van der Waals surface area contributed by atoms with Gasteiger partial charge in [-0.25, -0.2) is 18.9 Å². The van der Waals surface area contributed by atoms with Gasteiger partial charge in [0.25, 0.3) is 0 Å². The molecule has 45 heavy (non-hydrogen) atoms. The van der Waals surface area contributed by atoms with Crippen LogP contribution >= 0.6 is 0 Å². The Morgan fingerprint density at radius 1 is 1.11 bits per heavy atom. The second kappa shape index (κ2) is 11.5. The first-order valence-corrected chi connectivity index (χ1v) is 15.3. The van der Waals surface area contributed by atoms with Gasteiger partial charge in [0.2, 0.25) is 5.91 Å². The van der Waals surface area contributed by atoms with Crippen LogP contribution < -0.4 is 16.0 Å². The molecule has 0 radical (unpaired) electrons. The molecular formula is C31H40FN9O4. The normalized spacial score (nSPS) is 21.0. The molecule has 6 rings (SSSR count). The predicted molar refractivity (Wildman–Crippen MR) is 168 cm³/mol. The van der Waals surface area contributed by atoms with E-state index in [1.807, 2.05) is 39.5 Å². The van der Waals surface area contributed by atoms with E-state index in [-0.39, 0.29) is 29.3 Å². The molecule has 2 aliphatic heterocycles. The number of hydrogen-bond donors (Lipinski definition) is 2. The van der Waals surface area contributed by atoms with Crippen LogP contribution in [0.15, 0.2) is 24.4 Å². The topological polar surface area (TPSA) is 146 Å². The molecule has 2 amide bonds. The Morgan fingerprint density at radius 2 is 1.84 bits per heavy atom. The van der Waals surface area contributed by atoms with E-state index in [9.17, 15) is 14.0 Å². The molecule has 0 bridgehead atoms. The van der Waals surface area contributed by atoms with Crippen molar-refractivity contribution in [3.8, 4) is 0 Å². The number of halogens is 1. The molecule has 3 N–H and O–H groups in total. The first kappa shape index (κ1) is 30.6. The van der Waals surface area contributed by atoms with Crippen molar-refractivity contribution < 1.29 is 23.5 Å². The summed E-state index contributed by atoms with van der Waals surface area (Å²) in [5, 5.41) is 13.3. The summed E-state index contributed by atoms with van der Waals surface area (Å²) in [5.74, 6) is -0.297. The molecule has 2 aliphatic rings. The van der Waals surface area contributed by atoms with Gasteiger partial charge in [0, 0.05) is 44.0 Å². The molecule has 1 aromatic carbocycles. The van der Waals surface area contributed by atoms with Crippen molar-refractivity contribution in [3.05, 3.63) is 35.8 Å². The third-order valence-electron chi connectivity index (χ3n) is 8.13. The molecule has 3 aromatic heterocycles. The minimum atomic E-state index is -0.654. The number of nitrogens with two attached hydrogens (primary N) is 1. The fourth-order valence-corrected chi connectivity index (χ4v) is 6.29. The third-order valence-corrected chi connectivity index (χ3v) is 8.13. The molecule has 0 aliphatic carbocycles. The Labute approximate surface area is 260 Å². The smallest absolute Gasteiger partial charge is 0.410 e. The number of aryl methyl sites for hydroxylation is 1. The average Bonchev–Trinajstić information content (AvgIpc) is 3.51. The van der Waals surface area contributed by atoms with Crippen molar-refractivity contribution in [2.45, 2.75) is 77.8 Å². The van der Waals surface area contributed by atoms with Crippen LogP contribution in [0, 0.1) is 5.82 Å². The second-order valence-electron chi connectivity index (χ2n) is 13.0. The van der Waals surface area contributed by atoms with Crippen molar-refractivity contribution in [2.24, 2.45) is 12.8 Å². The highest BCUT2D eigenvalue weighted by Crippen LogP contribution is 2.36. The summed E-state index contributed by atoms with van der Waals surface area (Å²) in [4.78, 5) is 34.8. The zero-order chi connectivity index (χ0) is 32.2. The van der Waals surface area contributed by atoms with E-state index >= 15 is 0 Å². The van der Waals surface area contributed by atoms with Gasteiger partial charge in [-0.15, -0.1) is 5.10 Å². The van der Waals surface area contributed by atoms with Crippen molar-refractivity contribution >= 4 is 51.3 Å². The fourth-order valence-electron chi connectivity index (χ4n) is 6.29. The Kier molecular flexibility index (Phi) is 7.79. The van der Waals surface area contributed by atoms with E-state index in [0.717, 1.165) is 12.8 Å². The van der Waals surface area contributed by atoms with Gasteiger partial charge in [0.15, 0.2) is 23.5 Å². The summed E-state index contributed by atoms with van der Waals surface area (Å²) < 4.78 is 30.0. The molecule has 0 spiro atoms. The largest absolute Gasteiger partial charge is 0.444 e. The van der Waals surface area contributed by atoms with Crippen LogP contribution in [0.3, 0.4) is 0 Å². The van der Waals surface area contributed by atoms with Crippen molar-refractivity contribution in [3.63, 3.8) is 0 Å². The van der Waals surface area contributed by atoms with Gasteiger partial charge in [-0.3, -0.25) is 14.4 Å². The standard InChI is InChI=1S/C31H40FN9O4/c1-17-14-39(15-18(2)40(17)30(43)45-31(3,4)5)23-13-21(27(33)42)25-28(37-41(29(25)35-23)24-9-7-8-10-44-24)34-20-11-19-16-38(6)36-26(19)22(32)12-20/h11-13,16-18,24H,7-10,14-15H2,1-6H3,(H2,33,42)(H,34,37)/t17-,18-,24?/m0/s1. The SMILES string of the molecule is C[C@H]1CN(c2cc(C(N)=O)c3c(Nc4cc(F)c5nn(C)cc5c4)nn(C4CCCCO4)c3n2)C[C@H](C)N1C(=O)OC(C)(C)C. The van der Waals surface area contributed by atoms with Crippen LogP contribution in [-0.2, 0) is 16.5 Å². The summed E-state index contributed by atoms with van der Waals surface area (Å²) in [6.45, 7) is 10.9. The fraction of sp³-hybridized carbons (Fsp3) is 0.516. The number of piperazine rings is 1. The van der Waals surface area contributed by atoms with Gasteiger partial charge in [0.1, 0.15) is 16.9 Å². The number of benzene rings is 1. The van der Waals surface area contributed by atoms with Gasteiger partial charge in [0.05, 0.1) is 23.0 Å². The average molecular weight is 622 g/mol. The maximum Gasteiger partial charge on any atom is 0.410 e. The molecule has 14 heteroatoms. The number of amides is 2. The van der Waals surface area contributed by atoms with Gasteiger partial charge in [-0.2, -0.15) is 5.10 Å². The summed E-state index contributed by atoms with van der Waals surface area (Å²) in [5.41, 5.74) is 6.71. The highest BCUT2D eigenvalue weighted by Gasteiger charge is 2.37. The van der Waals surface area contributed by atoms with Crippen LogP contribution in [-0.4, -0.2) is 78.8 Å². The van der Waals surface area contributed by atoms with Gasteiger partial charge < -0.3 is 25.4 Å². The first-order chi connectivity index (χ1) is 21.3. The minimum absolute atomic E-state index is 0.195. The van der Waals surface area contributed by atoms with Crippen LogP contribution in [0.5, 0.6) is 0 Å². The lowest BCUT2D eigenvalue weighted by Gasteiger charge is -2.45. The van der Waals surface area contributed by atoms with Crippen LogP contribution in [0.2, 0.25) is 0 Å². The lowest BCUT2D eigenvalue weighted by atomic mass is 10.1. The van der Waals surface area contributed by atoms with Crippen LogP contribution in [0.4, 0.5) is 26.5 Å². The number of carbonyl (C=O) groups excluding carboxylic acids is 2. The molecular weight excluding hydrogens is 581 g/mol. The van der Waals surface area contributed by atoms with Crippen LogP contribution in [0.25, 0.3) is 21.9 Å². The minimum Gasteiger partial charge on any atom is -0.444 e. The molecule has 0 saturated carbocycles. The molecule has 1 unspecified atom stereocenters. The molecule has 4 aromatic rings. The number of nitrogens with zero attached hydrogens (tertiary/aromatic N) is 7. The Hall–Kier alpha value is -4.46. The van der Waals surface area contributed by atoms with Gasteiger partial charge >= 0.3 is 6.09 Å². The molecule has 2 fully saturated rings.